The monoisotopic (exact) mass is 455 g/mol. The Hall–Kier alpha value is -2.55. The molecule has 1 N–H and O–H groups in total. The number of benzene rings is 2. The Morgan fingerprint density at radius 3 is 2.42 bits per heavy atom. The van der Waals surface area contributed by atoms with Crippen molar-refractivity contribution in [1.82, 2.24) is 9.88 Å². The van der Waals surface area contributed by atoms with E-state index in [4.69, 9.17) is 0 Å². The number of amides is 1. The van der Waals surface area contributed by atoms with Crippen molar-refractivity contribution >= 4 is 32.2 Å². The molecule has 1 saturated heterocycles. The summed E-state index contributed by atoms with van der Waals surface area (Å²) < 4.78 is 23.7. The third-order valence-electron chi connectivity index (χ3n) is 5.50. The van der Waals surface area contributed by atoms with Crippen molar-refractivity contribution in [2.24, 2.45) is 0 Å². The summed E-state index contributed by atoms with van der Waals surface area (Å²) in [6.07, 6.45) is 0.983. The normalized spacial score (nSPS) is 17.2. The van der Waals surface area contributed by atoms with Crippen LogP contribution in [0.2, 0.25) is 0 Å². The highest BCUT2D eigenvalue weighted by atomic mass is 32.2. The topological polar surface area (TPSA) is 79.4 Å². The molecule has 162 valence electrons. The van der Waals surface area contributed by atoms with E-state index in [1.165, 1.54) is 16.9 Å². The molecular weight excluding hydrogens is 430 g/mol. The summed E-state index contributed by atoms with van der Waals surface area (Å²) in [4.78, 5) is 19.8. The molecule has 4 rings (SSSR count). The number of thiazole rings is 1. The summed E-state index contributed by atoms with van der Waals surface area (Å²) in [6, 6.07) is 17.2. The van der Waals surface area contributed by atoms with Crippen molar-refractivity contribution in [3.8, 4) is 11.3 Å². The zero-order chi connectivity index (χ0) is 21.8. The second-order valence-corrected chi connectivity index (χ2v) is 10.7. The fourth-order valence-electron chi connectivity index (χ4n) is 3.70. The molecule has 0 bridgehead atoms. The Kier molecular flexibility index (Phi) is 6.50. The van der Waals surface area contributed by atoms with Crippen LogP contribution in [0.4, 0.5) is 5.13 Å². The fraction of sp³-hybridized carbons (Fsp3) is 0.304. The van der Waals surface area contributed by atoms with E-state index in [0.717, 1.165) is 23.2 Å². The zero-order valence-electron chi connectivity index (χ0n) is 17.3. The van der Waals surface area contributed by atoms with E-state index in [0.29, 0.717) is 18.2 Å². The standard InChI is InChI=1S/C23H25N3O3S2/c1-2-17-8-10-18(11-9-17)20-16-30-23(24-20)25-22(27)21(19-6-4-3-5-7-19)26-12-14-31(28,29)15-13-26/h3-11,16,21H,2,12-15H2,1H3,(H,24,25,27). The highest BCUT2D eigenvalue weighted by Gasteiger charge is 2.32. The van der Waals surface area contributed by atoms with Gasteiger partial charge in [0.15, 0.2) is 15.0 Å². The number of anilines is 1. The van der Waals surface area contributed by atoms with Gasteiger partial charge in [-0.25, -0.2) is 13.4 Å². The van der Waals surface area contributed by atoms with Gasteiger partial charge in [0.25, 0.3) is 0 Å². The van der Waals surface area contributed by atoms with Gasteiger partial charge in [-0.2, -0.15) is 0 Å². The number of rotatable bonds is 6. The Bertz CT molecular complexity index is 1130. The maximum atomic E-state index is 13.3. The van der Waals surface area contributed by atoms with Gasteiger partial charge in [0.2, 0.25) is 5.91 Å². The van der Waals surface area contributed by atoms with Gasteiger partial charge < -0.3 is 5.32 Å². The van der Waals surface area contributed by atoms with Crippen molar-refractivity contribution in [3.05, 3.63) is 71.1 Å². The van der Waals surface area contributed by atoms with E-state index in [1.54, 1.807) is 0 Å². The van der Waals surface area contributed by atoms with E-state index < -0.39 is 15.9 Å². The van der Waals surface area contributed by atoms with Gasteiger partial charge in [0.05, 0.1) is 17.2 Å². The molecule has 0 spiro atoms. The Labute approximate surface area is 186 Å². The smallest absolute Gasteiger partial charge is 0.248 e. The molecule has 1 aliphatic rings. The van der Waals surface area contributed by atoms with Gasteiger partial charge in [-0.05, 0) is 17.5 Å². The average molecular weight is 456 g/mol. The first-order valence-corrected chi connectivity index (χ1v) is 13.0. The lowest BCUT2D eigenvalue weighted by molar-refractivity contribution is -0.121. The molecule has 0 saturated carbocycles. The molecule has 31 heavy (non-hydrogen) atoms. The van der Waals surface area contributed by atoms with Crippen LogP contribution >= 0.6 is 11.3 Å². The number of aromatic nitrogens is 1. The summed E-state index contributed by atoms with van der Waals surface area (Å²) in [5.74, 6) is -0.0647. The lowest BCUT2D eigenvalue weighted by atomic mass is 10.0. The molecule has 1 atom stereocenters. The van der Waals surface area contributed by atoms with Crippen LogP contribution in [0.15, 0.2) is 60.0 Å². The molecule has 0 aliphatic carbocycles. The van der Waals surface area contributed by atoms with Gasteiger partial charge in [-0.1, -0.05) is 61.5 Å². The molecule has 2 heterocycles. The maximum absolute atomic E-state index is 13.3. The lowest BCUT2D eigenvalue weighted by Gasteiger charge is -2.33. The molecule has 1 fully saturated rings. The van der Waals surface area contributed by atoms with Gasteiger partial charge >= 0.3 is 0 Å². The molecule has 3 aromatic rings. The van der Waals surface area contributed by atoms with Crippen molar-refractivity contribution in [3.63, 3.8) is 0 Å². The van der Waals surface area contributed by atoms with Crippen LogP contribution in [0.3, 0.4) is 0 Å². The van der Waals surface area contributed by atoms with Crippen LogP contribution in [-0.4, -0.2) is 48.8 Å². The van der Waals surface area contributed by atoms with E-state index in [-0.39, 0.29) is 17.4 Å². The van der Waals surface area contributed by atoms with Crippen molar-refractivity contribution < 1.29 is 13.2 Å². The van der Waals surface area contributed by atoms with E-state index in [1.807, 2.05) is 52.7 Å². The van der Waals surface area contributed by atoms with E-state index in [2.05, 4.69) is 29.4 Å². The number of carbonyl (C=O) groups is 1. The van der Waals surface area contributed by atoms with E-state index in [9.17, 15) is 13.2 Å². The highest BCUT2D eigenvalue weighted by molar-refractivity contribution is 7.91. The summed E-state index contributed by atoms with van der Waals surface area (Å²) >= 11 is 1.38. The van der Waals surface area contributed by atoms with Crippen LogP contribution in [0.1, 0.15) is 24.1 Å². The molecular formula is C23H25N3O3S2. The molecule has 1 aromatic heterocycles. The van der Waals surface area contributed by atoms with E-state index >= 15 is 0 Å². The molecule has 0 radical (unpaired) electrons. The Morgan fingerprint density at radius 2 is 1.77 bits per heavy atom. The van der Waals surface area contributed by atoms with Crippen molar-refractivity contribution in [2.75, 3.05) is 29.9 Å². The number of sulfone groups is 1. The minimum Gasteiger partial charge on any atom is -0.300 e. The average Bonchev–Trinajstić information content (AvgIpc) is 3.24. The third-order valence-corrected chi connectivity index (χ3v) is 7.87. The van der Waals surface area contributed by atoms with Crippen LogP contribution in [0, 0.1) is 0 Å². The van der Waals surface area contributed by atoms with Gasteiger partial charge in [0.1, 0.15) is 6.04 Å². The van der Waals surface area contributed by atoms with Gasteiger partial charge in [0, 0.05) is 24.0 Å². The zero-order valence-corrected chi connectivity index (χ0v) is 19.0. The number of hydrogen-bond donors (Lipinski definition) is 1. The predicted octanol–water partition coefficient (Wildman–Crippen LogP) is 3.78. The number of carbonyl (C=O) groups excluding carboxylic acids is 1. The Morgan fingerprint density at radius 1 is 1.10 bits per heavy atom. The second-order valence-electron chi connectivity index (χ2n) is 7.58. The number of nitrogens with one attached hydrogen (secondary N) is 1. The molecule has 2 aromatic carbocycles. The van der Waals surface area contributed by atoms with Crippen LogP contribution in [-0.2, 0) is 21.1 Å². The third kappa shape index (κ3) is 5.20. The summed E-state index contributed by atoms with van der Waals surface area (Å²) in [7, 11) is -3.03. The quantitative estimate of drug-likeness (QED) is 0.612. The first kappa shape index (κ1) is 21.7. The molecule has 8 heteroatoms. The van der Waals surface area contributed by atoms with Crippen molar-refractivity contribution in [2.45, 2.75) is 19.4 Å². The molecule has 1 aliphatic heterocycles. The predicted molar refractivity (Wildman–Crippen MR) is 125 cm³/mol. The van der Waals surface area contributed by atoms with Crippen LogP contribution < -0.4 is 5.32 Å². The maximum Gasteiger partial charge on any atom is 0.248 e. The summed E-state index contributed by atoms with van der Waals surface area (Å²) in [5, 5.41) is 5.41. The number of nitrogens with zero attached hydrogens (tertiary/aromatic N) is 2. The summed E-state index contributed by atoms with van der Waals surface area (Å²) in [5.41, 5.74) is 3.94. The summed E-state index contributed by atoms with van der Waals surface area (Å²) in [6.45, 7) is 2.79. The Balaban J connectivity index is 1.53. The fourth-order valence-corrected chi connectivity index (χ4v) is 5.65. The highest BCUT2D eigenvalue weighted by Crippen LogP contribution is 2.28. The molecule has 1 unspecified atom stereocenters. The molecule has 1 amide bonds. The minimum atomic E-state index is -3.03. The second kappa shape index (κ2) is 9.30. The minimum absolute atomic E-state index is 0.0682. The molecule has 6 nitrogen and oxygen atoms in total. The first-order chi connectivity index (χ1) is 14.9. The number of aryl methyl sites for hydroxylation is 1. The van der Waals surface area contributed by atoms with Gasteiger partial charge in [-0.15, -0.1) is 11.3 Å². The van der Waals surface area contributed by atoms with Crippen molar-refractivity contribution in [1.29, 1.82) is 0 Å². The largest absolute Gasteiger partial charge is 0.300 e. The SMILES string of the molecule is CCc1ccc(-c2csc(NC(=O)C(c3ccccc3)N3CCS(=O)(=O)CC3)n2)cc1. The van der Waals surface area contributed by atoms with Gasteiger partial charge in [-0.3, -0.25) is 9.69 Å². The van der Waals surface area contributed by atoms with Crippen LogP contribution in [0.5, 0.6) is 0 Å². The first-order valence-electron chi connectivity index (χ1n) is 10.3. The number of hydrogen-bond acceptors (Lipinski definition) is 6. The lowest BCUT2D eigenvalue weighted by Crippen LogP contribution is -2.46. The van der Waals surface area contributed by atoms with Crippen LogP contribution in [0.25, 0.3) is 11.3 Å².